The smallest absolute Gasteiger partial charge is 0.277 e. The predicted molar refractivity (Wildman–Crippen MR) is 109 cm³/mol. The van der Waals surface area contributed by atoms with E-state index in [1.165, 1.54) is 43.0 Å². The second kappa shape index (κ2) is 9.22. The molecule has 0 aliphatic heterocycles. The molecule has 0 spiro atoms. The van der Waals surface area contributed by atoms with E-state index in [0.29, 0.717) is 17.7 Å². The van der Waals surface area contributed by atoms with Gasteiger partial charge in [0.25, 0.3) is 5.22 Å². The van der Waals surface area contributed by atoms with E-state index < -0.39 is 0 Å². The van der Waals surface area contributed by atoms with Gasteiger partial charge < -0.3 is 9.73 Å². The molecule has 0 fully saturated rings. The van der Waals surface area contributed by atoms with Crippen LogP contribution in [-0.4, -0.2) is 27.9 Å². The van der Waals surface area contributed by atoms with Crippen LogP contribution in [-0.2, 0) is 4.79 Å². The van der Waals surface area contributed by atoms with E-state index in [2.05, 4.69) is 27.7 Å². The summed E-state index contributed by atoms with van der Waals surface area (Å²) in [4.78, 5) is 12.3. The highest BCUT2D eigenvalue weighted by molar-refractivity contribution is 8.00. The van der Waals surface area contributed by atoms with Crippen molar-refractivity contribution in [1.29, 1.82) is 0 Å². The molecule has 3 rings (SSSR count). The maximum atomic E-state index is 12.3. The number of thioether (sulfide) groups is 1. The number of amides is 1. The quantitative estimate of drug-likeness (QED) is 0.545. The average Bonchev–Trinajstić information content (AvgIpc) is 3.10. The number of rotatable bonds is 7. The maximum Gasteiger partial charge on any atom is 0.277 e. The minimum absolute atomic E-state index is 0.00237. The number of aromatic nitrogens is 2. The van der Waals surface area contributed by atoms with Crippen molar-refractivity contribution in [1.82, 2.24) is 15.5 Å². The molecule has 1 aromatic heterocycles. The molecule has 1 aliphatic carbocycles. The standard InChI is InChI=1S/C21H27N3O2S/c1-14-11-15(2)13-18(12-14)20-23-24-21(26-20)27-16(3)19(25)22-10-9-17-7-5-4-6-8-17/h7,11-13,16H,4-6,8-10H2,1-3H3,(H,22,25)/t16-/m0/s1. The summed E-state index contributed by atoms with van der Waals surface area (Å²) in [5.41, 5.74) is 4.68. The Bertz CT molecular complexity index is 808. The number of aryl methyl sites for hydroxylation is 2. The van der Waals surface area contributed by atoms with Crippen molar-refractivity contribution in [2.75, 3.05) is 6.54 Å². The lowest BCUT2D eigenvalue weighted by Gasteiger charge is -2.14. The summed E-state index contributed by atoms with van der Waals surface area (Å²) < 4.78 is 5.75. The van der Waals surface area contributed by atoms with E-state index in [1.54, 1.807) is 0 Å². The van der Waals surface area contributed by atoms with Crippen LogP contribution in [0.3, 0.4) is 0 Å². The number of nitrogens with zero attached hydrogens (tertiary/aromatic N) is 2. The van der Waals surface area contributed by atoms with Crippen molar-refractivity contribution in [3.63, 3.8) is 0 Å². The maximum absolute atomic E-state index is 12.3. The number of benzene rings is 1. The summed E-state index contributed by atoms with van der Waals surface area (Å²) in [6.45, 7) is 6.63. The number of hydrogen-bond acceptors (Lipinski definition) is 5. The molecule has 6 heteroatoms. The lowest BCUT2D eigenvalue weighted by Crippen LogP contribution is -2.31. The number of allylic oxidation sites excluding steroid dienone is 1. The van der Waals surface area contributed by atoms with E-state index in [-0.39, 0.29) is 11.2 Å². The Labute approximate surface area is 165 Å². The average molecular weight is 386 g/mol. The van der Waals surface area contributed by atoms with Gasteiger partial charge in [-0.05, 0) is 65.0 Å². The summed E-state index contributed by atoms with van der Waals surface area (Å²) >= 11 is 1.29. The first kappa shape index (κ1) is 19.7. The van der Waals surface area contributed by atoms with Crippen molar-refractivity contribution >= 4 is 17.7 Å². The molecule has 0 unspecified atom stereocenters. The normalized spacial score (nSPS) is 15.3. The molecular formula is C21H27N3O2S. The summed E-state index contributed by atoms with van der Waals surface area (Å²) in [5, 5.41) is 11.4. The molecule has 0 bridgehead atoms. The Morgan fingerprint density at radius 3 is 2.70 bits per heavy atom. The van der Waals surface area contributed by atoms with Crippen LogP contribution in [0.25, 0.3) is 11.5 Å². The third-order valence-corrected chi connectivity index (χ3v) is 5.59. The van der Waals surface area contributed by atoms with Crippen LogP contribution in [0.4, 0.5) is 0 Å². The molecular weight excluding hydrogens is 358 g/mol. The fraction of sp³-hybridized carbons (Fsp3) is 0.476. The molecule has 144 valence electrons. The molecule has 2 aromatic rings. The monoisotopic (exact) mass is 385 g/mol. The predicted octanol–water partition coefficient (Wildman–Crippen LogP) is 4.84. The lowest BCUT2D eigenvalue weighted by molar-refractivity contribution is -0.120. The Kier molecular flexibility index (Phi) is 6.72. The van der Waals surface area contributed by atoms with Gasteiger partial charge >= 0.3 is 0 Å². The minimum atomic E-state index is -0.280. The summed E-state index contributed by atoms with van der Waals surface area (Å²) in [7, 11) is 0. The number of carbonyl (C=O) groups is 1. The van der Waals surface area contributed by atoms with Crippen LogP contribution < -0.4 is 5.32 Å². The molecule has 1 N–H and O–H groups in total. The SMILES string of the molecule is Cc1cc(C)cc(-c2nnc(S[C@@H](C)C(=O)NCCC3=CCCCC3)o2)c1. The van der Waals surface area contributed by atoms with Gasteiger partial charge in [-0.3, -0.25) is 4.79 Å². The topological polar surface area (TPSA) is 68.0 Å². The van der Waals surface area contributed by atoms with Gasteiger partial charge in [-0.1, -0.05) is 40.6 Å². The van der Waals surface area contributed by atoms with Crippen LogP contribution in [0.15, 0.2) is 39.5 Å². The van der Waals surface area contributed by atoms with Gasteiger partial charge in [0, 0.05) is 12.1 Å². The highest BCUT2D eigenvalue weighted by Crippen LogP contribution is 2.27. The number of carbonyl (C=O) groups excluding carboxylic acids is 1. The van der Waals surface area contributed by atoms with Gasteiger partial charge in [0.2, 0.25) is 11.8 Å². The molecule has 27 heavy (non-hydrogen) atoms. The summed E-state index contributed by atoms with van der Waals surface area (Å²) in [6, 6.07) is 6.14. The largest absolute Gasteiger partial charge is 0.411 e. The molecule has 0 saturated heterocycles. The van der Waals surface area contributed by atoms with Gasteiger partial charge in [0.15, 0.2) is 0 Å². The Morgan fingerprint density at radius 2 is 2.00 bits per heavy atom. The van der Waals surface area contributed by atoms with E-state index in [0.717, 1.165) is 23.1 Å². The molecule has 0 radical (unpaired) electrons. The second-order valence-corrected chi connectivity index (χ2v) is 8.45. The molecule has 1 atom stereocenters. The minimum Gasteiger partial charge on any atom is -0.411 e. The van der Waals surface area contributed by atoms with Crippen molar-refractivity contribution in [2.24, 2.45) is 0 Å². The van der Waals surface area contributed by atoms with Crippen LogP contribution in [0.5, 0.6) is 0 Å². The first-order valence-corrected chi connectivity index (χ1v) is 10.4. The molecule has 5 nitrogen and oxygen atoms in total. The Balaban J connectivity index is 1.51. The molecule has 1 aliphatic rings. The van der Waals surface area contributed by atoms with Crippen LogP contribution in [0, 0.1) is 13.8 Å². The fourth-order valence-corrected chi connectivity index (χ4v) is 4.01. The molecule has 1 amide bonds. The zero-order valence-electron chi connectivity index (χ0n) is 16.2. The lowest BCUT2D eigenvalue weighted by atomic mass is 9.97. The summed E-state index contributed by atoms with van der Waals surface area (Å²) in [6.07, 6.45) is 8.17. The van der Waals surface area contributed by atoms with Crippen LogP contribution >= 0.6 is 11.8 Å². The van der Waals surface area contributed by atoms with Gasteiger partial charge in [-0.15, -0.1) is 10.2 Å². The summed E-state index contributed by atoms with van der Waals surface area (Å²) in [5.74, 6) is 0.490. The number of nitrogens with one attached hydrogen (secondary N) is 1. The van der Waals surface area contributed by atoms with Crippen molar-refractivity contribution in [2.45, 2.75) is 63.3 Å². The van der Waals surface area contributed by atoms with Crippen molar-refractivity contribution in [3.8, 4) is 11.5 Å². The van der Waals surface area contributed by atoms with E-state index in [9.17, 15) is 4.79 Å². The zero-order chi connectivity index (χ0) is 19.2. The second-order valence-electron chi connectivity index (χ2n) is 7.16. The van der Waals surface area contributed by atoms with Gasteiger partial charge in [0.05, 0.1) is 5.25 Å². The molecule has 0 saturated carbocycles. The van der Waals surface area contributed by atoms with Gasteiger partial charge in [-0.2, -0.15) is 0 Å². The van der Waals surface area contributed by atoms with E-state index in [1.807, 2.05) is 32.9 Å². The third-order valence-electron chi connectivity index (χ3n) is 4.65. The first-order valence-electron chi connectivity index (χ1n) is 9.56. The highest BCUT2D eigenvalue weighted by Gasteiger charge is 2.19. The Morgan fingerprint density at radius 1 is 1.22 bits per heavy atom. The highest BCUT2D eigenvalue weighted by atomic mass is 32.2. The molecule has 1 aromatic carbocycles. The Hall–Kier alpha value is -2.08. The van der Waals surface area contributed by atoms with Gasteiger partial charge in [-0.25, -0.2) is 0 Å². The number of hydrogen-bond donors (Lipinski definition) is 1. The zero-order valence-corrected chi connectivity index (χ0v) is 17.1. The van der Waals surface area contributed by atoms with E-state index in [4.69, 9.17) is 4.42 Å². The van der Waals surface area contributed by atoms with Gasteiger partial charge in [0.1, 0.15) is 0 Å². The fourth-order valence-electron chi connectivity index (χ4n) is 3.30. The molecule has 1 heterocycles. The third kappa shape index (κ3) is 5.70. The van der Waals surface area contributed by atoms with Crippen molar-refractivity contribution < 1.29 is 9.21 Å². The van der Waals surface area contributed by atoms with Crippen LogP contribution in [0.2, 0.25) is 0 Å². The first-order chi connectivity index (χ1) is 13.0. The van der Waals surface area contributed by atoms with Crippen LogP contribution in [0.1, 0.15) is 50.2 Å². The van der Waals surface area contributed by atoms with E-state index >= 15 is 0 Å². The van der Waals surface area contributed by atoms with Crippen molar-refractivity contribution in [3.05, 3.63) is 41.0 Å².